The molecule has 0 aliphatic heterocycles. The fourth-order valence-electron chi connectivity index (χ4n) is 0.757. The summed E-state index contributed by atoms with van der Waals surface area (Å²) in [6.07, 6.45) is 0. The first-order chi connectivity index (χ1) is 7.56. The maximum atomic E-state index is 10.2. The molecule has 8 heteroatoms. The van der Waals surface area contributed by atoms with Gasteiger partial charge < -0.3 is 24.0 Å². The maximum absolute atomic E-state index is 10.2. The van der Waals surface area contributed by atoms with Gasteiger partial charge in [0.2, 0.25) is 0 Å². The standard InChI is InChI=1S/C8H18O7P/c1-2-12-3-4-13-5-6-14-7-8-15-16(9,10)11/h1-8H2,(H2,9,10,11). The summed E-state index contributed by atoms with van der Waals surface area (Å²) in [4.78, 5) is 16.7. The Balaban J connectivity index is 3.02. The zero-order valence-corrected chi connectivity index (χ0v) is 9.93. The van der Waals surface area contributed by atoms with E-state index in [1.807, 2.05) is 0 Å². The van der Waals surface area contributed by atoms with Crippen LogP contribution in [0.25, 0.3) is 0 Å². The van der Waals surface area contributed by atoms with E-state index in [1.165, 1.54) is 0 Å². The molecule has 0 aliphatic rings. The van der Waals surface area contributed by atoms with Crippen molar-refractivity contribution in [1.29, 1.82) is 0 Å². The molecule has 7 nitrogen and oxygen atoms in total. The van der Waals surface area contributed by atoms with Gasteiger partial charge in [-0.1, -0.05) is 0 Å². The van der Waals surface area contributed by atoms with E-state index in [0.717, 1.165) is 0 Å². The third-order valence-corrected chi connectivity index (χ3v) is 1.89. The molecule has 0 amide bonds. The van der Waals surface area contributed by atoms with Crippen molar-refractivity contribution in [3.8, 4) is 0 Å². The van der Waals surface area contributed by atoms with E-state index in [9.17, 15) is 4.57 Å². The van der Waals surface area contributed by atoms with Gasteiger partial charge in [-0.2, -0.15) is 0 Å². The predicted molar refractivity (Wildman–Crippen MR) is 55.8 cm³/mol. The number of phosphoric ester groups is 1. The second-order valence-corrected chi connectivity index (χ2v) is 3.90. The van der Waals surface area contributed by atoms with Crippen molar-refractivity contribution in [2.24, 2.45) is 0 Å². The molecule has 0 unspecified atom stereocenters. The summed E-state index contributed by atoms with van der Waals surface area (Å²) in [5.74, 6) is 0. The fraction of sp³-hybridized carbons (Fsp3) is 0.875. The van der Waals surface area contributed by atoms with Gasteiger partial charge >= 0.3 is 7.82 Å². The molecule has 1 radical (unpaired) electrons. The van der Waals surface area contributed by atoms with Crippen LogP contribution in [0.1, 0.15) is 0 Å². The SMILES string of the molecule is [CH2]COCCOCCOCCOP(=O)(O)O. The molecule has 0 aromatic carbocycles. The lowest BCUT2D eigenvalue weighted by molar-refractivity contribution is 0.0113. The predicted octanol–water partition coefficient (Wildman–Crippen LogP) is -0.0204. The fourth-order valence-corrected chi connectivity index (χ4v) is 1.07. The van der Waals surface area contributed by atoms with Crippen LogP contribution in [0.3, 0.4) is 0 Å². The number of hydrogen-bond donors (Lipinski definition) is 2. The van der Waals surface area contributed by atoms with Crippen LogP contribution < -0.4 is 0 Å². The largest absolute Gasteiger partial charge is 0.469 e. The smallest absolute Gasteiger partial charge is 0.379 e. The Morgan fingerprint density at radius 1 is 0.875 bits per heavy atom. The monoisotopic (exact) mass is 257 g/mol. The Kier molecular flexibility index (Phi) is 10.2. The minimum Gasteiger partial charge on any atom is -0.379 e. The molecule has 0 spiro atoms. The van der Waals surface area contributed by atoms with Crippen LogP contribution in [-0.2, 0) is 23.3 Å². The van der Waals surface area contributed by atoms with Crippen LogP contribution in [0, 0.1) is 6.92 Å². The molecule has 0 saturated heterocycles. The third-order valence-electron chi connectivity index (χ3n) is 1.38. The Labute approximate surface area is 94.9 Å². The minimum absolute atomic E-state index is 0.115. The summed E-state index contributed by atoms with van der Waals surface area (Å²) < 4.78 is 29.4. The number of rotatable bonds is 11. The summed E-state index contributed by atoms with van der Waals surface area (Å²) in [6, 6.07) is 0. The summed E-state index contributed by atoms with van der Waals surface area (Å²) in [7, 11) is -4.37. The number of phosphoric acid groups is 1. The first kappa shape index (κ1) is 16.0. The molecule has 0 bridgehead atoms. The van der Waals surface area contributed by atoms with E-state index in [4.69, 9.17) is 24.0 Å². The molecule has 0 aromatic rings. The van der Waals surface area contributed by atoms with Gasteiger partial charge in [-0.15, -0.1) is 0 Å². The Morgan fingerprint density at radius 2 is 1.31 bits per heavy atom. The Morgan fingerprint density at radius 3 is 1.75 bits per heavy atom. The number of hydrogen-bond acceptors (Lipinski definition) is 5. The van der Waals surface area contributed by atoms with Gasteiger partial charge in [-0.05, 0) is 6.92 Å². The van der Waals surface area contributed by atoms with E-state index < -0.39 is 7.82 Å². The van der Waals surface area contributed by atoms with Crippen molar-refractivity contribution in [2.45, 2.75) is 0 Å². The lowest BCUT2D eigenvalue weighted by Crippen LogP contribution is -2.11. The summed E-state index contributed by atoms with van der Waals surface area (Å²) >= 11 is 0. The minimum atomic E-state index is -4.37. The van der Waals surface area contributed by atoms with Crippen LogP contribution in [0.2, 0.25) is 0 Å². The zero-order chi connectivity index (χ0) is 12.3. The van der Waals surface area contributed by atoms with Crippen molar-refractivity contribution in [2.75, 3.05) is 46.2 Å². The van der Waals surface area contributed by atoms with E-state index in [2.05, 4.69) is 11.4 Å². The second kappa shape index (κ2) is 10.2. The molecule has 2 N–H and O–H groups in total. The molecule has 0 fully saturated rings. The van der Waals surface area contributed by atoms with E-state index in [1.54, 1.807) is 0 Å². The van der Waals surface area contributed by atoms with Crippen molar-refractivity contribution in [3.05, 3.63) is 6.92 Å². The highest BCUT2D eigenvalue weighted by Crippen LogP contribution is 2.35. The Bertz CT molecular complexity index is 193. The molecule has 0 rings (SSSR count). The molecule has 16 heavy (non-hydrogen) atoms. The van der Waals surface area contributed by atoms with Gasteiger partial charge in [-0.25, -0.2) is 4.57 Å². The van der Waals surface area contributed by atoms with Crippen molar-refractivity contribution in [1.82, 2.24) is 0 Å². The highest BCUT2D eigenvalue weighted by atomic mass is 31.2. The van der Waals surface area contributed by atoms with Gasteiger partial charge in [0, 0.05) is 6.61 Å². The Hall–Kier alpha value is -0.0100. The van der Waals surface area contributed by atoms with E-state index in [-0.39, 0.29) is 13.2 Å². The van der Waals surface area contributed by atoms with Gasteiger partial charge in [0.05, 0.1) is 39.6 Å². The summed E-state index contributed by atoms with van der Waals surface area (Å²) in [6.45, 7) is 5.58. The molecule has 0 aromatic heterocycles. The van der Waals surface area contributed by atoms with Gasteiger partial charge in [-0.3, -0.25) is 4.52 Å². The topological polar surface area (TPSA) is 94.5 Å². The summed E-state index contributed by atoms with van der Waals surface area (Å²) in [5.41, 5.74) is 0. The van der Waals surface area contributed by atoms with Crippen LogP contribution in [0.15, 0.2) is 0 Å². The van der Waals surface area contributed by atoms with E-state index >= 15 is 0 Å². The van der Waals surface area contributed by atoms with E-state index in [0.29, 0.717) is 33.0 Å². The van der Waals surface area contributed by atoms with Crippen LogP contribution in [-0.4, -0.2) is 56.0 Å². The average Bonchev–Trinajstić information content (AvgIpc) is 2.19. The lowest BCUT2D eigenvalue weighted by atomic mass is 10.7. The molecular formula is C8H18O7P. The molecule has 0 atom stereocenters. The molecule has 0 heterocycles. The highest BCUT2D eigenvalue weighted by molar-refractivity contribution is 7.46. The maximum Gasteiger partial charge on any atom is 0.469 e. The van der Waals surface area contributed by atoms with Gasteiger partial charge in [0.25, 0.3) is 0 Å². The average molecular weight is 257 g/mol. The highest BCUT2D eigenvalue weighted by Gasteiger charge is 2.12. The molecule has 0 aliphatic carbocycles. The first-order valence-corrected chi connectivity index (χ1v) is 6.32. The van der Waals surface area contributed by atoms with Crippen LogP contribution in [0.4, 0.5) is 0 Å². The van der Waals surface area contributed by atoms with Crippen LogP contribution in [0.5, 0.6) is 0 Å². The molecule has 97 valence electrons. The van der Waals surface area contributed by atoms with Crippen LogP contribution >= 0.6 is 7.82 Å². The normalized spacial score (nSPS) is 11.9. The lowest BCUT2D eigenvalue weighted by Gasteiger charge is -2.07. The third kappa shape index (κ3) is 14.0. The quantitative estimate of drug-likeness (QED) is 0.396. The molecule has 0 saturated carbocycles. The van der Waals surface area contributed by atoms with Gasteiger partial charge in [0.1, 0.15) is 0 Å². The molecular weight excluding hydrogens is 239 g/mol. The van der Waals surface area contributed by atoms with Gasteiger partial charge in [0.15, 0.2) is 0 Å². The van der Waals surface area contributed by atoms with Crippen molar-refractivity contribution >= 4 is 7.82 Å². The summed E-state index contributed by atoms with van der Waals surface area (Å²) in [5, 5.41) is 0. The van der Waals surface area contributed by atoms with Crippen molar-refractivity contribution in [3.63, 3.8) is 0 Å². The number of ether oxygens (including phenoxy) is 3. The zero-order valence-electron chi connectivity index (χ0n) is 9.04. The second-order valence-electron chi connectivity index (χ2n) is 2.66. The van der Waals surface area contributed by atoms with Crippen molar-refractivity contribution < 1.29 is 33.1 Å². The first-order valence-electron chi connectivity index (χ1n) is 4.79.